The summed E-state index contributed by atoms with van der Waals surface area (Å²) in [4.78, 5) is 0. The van der Waals surface area contributed by atoms with Crippen molar-refractivity contribution in [2.75, 3.05) is 0 Å². The van der Waals surface area contributed by atoms with Crippen LogP contribution in [0.15, 0.2) is 0 Å². The molecule has 0 aromatic rings. The molecule has 2 rings (SSSR count). The summed E-state index contributed by atoms with van der Waals surface area (Å²) in [7, 11) is 0. The molecule has 0 nitrogen and oxygen atoms in total. The van der Waals surface area contributed by atoms with E-state index in [9.17, 15) is 0 Å². The van der Waals surface area contributed by atoms with Gasteiger partial charge in [0.2, 0.25) is 0 Å². The minimum atomic E-state index is 0.737. The van der Waals surface area contributed by atoms with Crippen LogP contribution in [0.5, 0.6) is 0 Å². The molecule has 2 unspecified atom stereocenters. The Morgan fingerprint density at radius 1 is 1.20 bits per heavy atom. The molecule has 0 spiro atoms. The molecule has 0 aromatic heterocycles. The molecular formula is C6H5S2Se2. The molecule has 1 heterocycles. The van der Waals surface area contributed by atoms with Gasteiger partial charge in [0.25, 0.3) is 0 Å². The van der Waals surface area contributed by atoms with E-state index in [1.54, 1.807) is 0 Å². The summed E-state index contributed by atoms with van der Waals surface area (Å²) in [6, 6.07) is 0. The van der Waals surface area contributed by atoms with Crippen molar-refractivity contribution in [3.63, 3.8) is 0 Å². The van der Waals surface area contributed by atoms with Gasteiger partial charge in [-0.1, -0.05) is 0 Å². The predicted octanol–water partition coefficient (Wildman–Crippen LogP) is 0.408. The molecule has 2 atom stereocenters. The average Bonchev–Trinajstić information content (AvgIpc) is 2.39. The van der Waals surface area contributed by atoms with Gasteiger partial charge in [0.15, 0.2) is 0 Å². The van der Waals surface area contributed by atoms with Crippen LogP contribution < -0.4 is 0 Å². The fourth-order valence-electron chi connectivity index (χ4n) is 1.16. The molecular weight excluding hydrogens is 294 g/mol. The summed E-state index contributed by atoms with van der Waals surface area (Å²) in [6.07, 6.45) is 1.17. The quantitative estimate of drug-likeness (QED) is 0.594. The van der Waals surface area contributed by atoms with Crippen LogP contribution in [-0.4, -0.2) is 50.5 Å². The number of rotatable bonds is 0. The van der Waals surface area contributed by atoms with Crippen LogP contribution in [-0.2, 0) is 0 Å². The number of fused-ring (bicyclic) bond motifs is 1. The van der Waals surface area contributed by atoms with Gasteiger partial charge in [-0.25, -0.2) is 0 Å². The minimum absolute atomic E-state index is 0.737. The van der Waals surface area contributed by atoms with Gasteiger partial charge in [-0.05, 0) is 0 Å². The van der Waals surface area contributed by atoms with E-state index < -0.39 is 0 Å². The number of hydrogen-bond acceptors (Lipinski definition) is 2. The Morgan fingerprint density at radius 3 is 2.20 bits per heavy atom. The van der Waals surface area contributed by atoms with E-state index in [1.165, 1.54) is 15.3 Å². The first-order valence-electron chi connectivity index (χ1n) is 2.97. The van der Waals surface area contributed by atoms with Crippen molar-refractivity contribution in [3.05, 3.63) is 5.08 Å². The maximum atomic E-state index is 3.16. The van der Waals surface area contributed by atoms with E-state index in [0.29, 0.717) is 0 Å². The molecule has 1 saturated carbocycles. The molecule has 10 heavy (non-hydrogen) atoms. The monoisotopic (exact) mass is 301 g/mol. The van der Waals surface area contributed by atoms with E-state index in [0.717, 1.165) is 10.5 Å². The predicted molar refractivity (Wildman–Crippen MR) is 53.2 cm³/mol. The summed E-state index contributed by atoms with van der Waals surface area (Å²) in [5.74, 6) is 0. The zero-order valence-electron chi connectivity index (χ0n) is 5.07. The van der Waals surface area contributed by atoms with Crippen LogP contribution >= 0.6 is 23.5 Å². The third-order valence-electron chi connectivity index (χ3n) is 1.66. The standard InChI is InChI=1S/C6H5S2Se2/c9-3-1-4(10)6-5(3)7-2-8-6/h2,5-6H,1H2. The zero-order chi connectivity index (χ0) is 7.14. The van der Waals surface area contributed by atoms with Crippen LogP contribution in [0, 0.1) is 5.08 Å². The molecule has 2 aliphatic rings. The zero-order valence-corrected chi connectivity index (χ0v) is 10.1. The Bertz CT molecular complexity index is 182. The van der Waals surface area contributed by atoms with Crippen LogP contribution in [0.3, 0.4) is 0 Å². The summed E-state index contributed by atoms with van der Waals surface area (Å²) in [5.41, 5.74) is 0. The van der Waals surface area contributed by atoms with E-state index in [1.807, 2.05) is 23.5 Å². The Kier molecular flexibility index (Phi) is 2.49. The third-order valence-corrected chi connectivity index (χ3v) is 6.77. The molecule has 1 aliphatic carbocycles. The maximum absolute atomic E-state index is 3.16. The second kappa shape index (κ2) is 3.08. The van der Waals surface area contributed by atoms with Gasteiger partial charge in [0.1, 0.15) is 0 Å². The van der Waals surface area contributed by atoms with E-state index in [2.05, 4.69) is 36.2 Å². The second-order valence-electron chi connectivity index (χ2n) is 2.32. The van der Waals surface area contributed by atoms with Crippen molar-refractivity contribution in [3.8, 4) is 0 Å². The Hall–Kier alpha value is 1.48. The van der Waals surface area contributed by atoms with Gasteiger partial charge in [-0.2, -0.15) is 0 Å². The second-order valence-corrected chi connectivity index (χ2v) is 6.85. The van der Waals surface area contributed by atoms with Crippen LogP contribution in [0.1, 0.15) is 6.42 Å². The van der Waals surface area contributed by atoms with E-state index >= 15 is 0 Å². The van der Waals surface area contributed by atoms with Crippen molar-refractivity contribution in [1.29, 1.82) is 0 Å². The molecule has 0 bridgehead atoms. The van der Waals surface area contributed by atoms with E-state index in [-0.39, 0.29) is 0 Å². The average molecular weight is 299 g/mol. The number of thioether (sulfide) groups is 2. The molecule has 1 radical (unpaired) electrons. The third kappa shape index (κ3) is 1.24. The summed E-state index contributed by atoms with van der Waals surface area (Å²) >= 11 is 10.2. The fourth-order valence-corrected chi connectivity index (χ4v) is 6.62. The molecule has 0 amide bonds. The van der Waals surface area contributed by atoms with Gasteiger partial charge in [0.05, 0.1) is 0 Å². The van der Waals surface area contributed by atoms with Gasteiger partial charge < -0.3 is 0 Å². The molecule has 0 N–H and O–H groups in total. The summed E-state index contributed by atoms with van der Waals surface area (Å²) in [5, 5.41) is 3.73. The molecule has 0 aromatic carbocycles. The topological polar surface area (TPSA) is 0 Å². The SMILES string of the molecule is [Se]=C1CC(=[Se])C2S[CH]SC12. The van der Waals surface area contributed by atoms with Crippen molar-refractivity contribution in [2.24, 2.45) is 0 Å². The van der Waals surface area contributed by atoms with E-state index in [4.69, 9.17) is 0 Å². The molecule has 1 saturated heterocycles. The van der Waals surface area contributed by atoms with Crippen molar-refractivity contribution in [1.82, 2.24) is 0 Å². The molecule has 2 fully saturated rings. The van der Waals surface area contributed by atoms with Crippen molar-refractivity contribution in [2.45, 2.75) is 16.9 Å². The first-order chi connectivity index (χ1) is 4.79. The molecule has 1 aliphatic heterocycles. The molecule has 53 valence electrons. The van der Waals surface area contributed by atoms with Crippen molar-refractivity contribution >= 4 is 63.5 Å². The van der Waals surface area contributed by atoms with Crippen molar-refractivity contribution < 1.29 is 0 Å². The fraction of sp³-hybridized carbons (Fsp3) is 0.500. The first-order valence-corrected chi connectivity index (χ1v) is 6.57. The summed E-state index contributed by atoms with van der Waals surface area (Å²) < 4.78 is 3.04. The normalized spacial score (nSPS) is 38.8. The van der Waals surface area contributed by atoms with Gasteiger partial charge in [-0.15, -0.1) is 0 Å². The van der Waals surface area contributed by atoms with Crippen LogP contribution in [0.25, 0.3) is 0 Å². The Labute approximate surface area is 85.0 Å². The summed E-state index contributed by atoms with van der Waals surface area (Å²) in [6.45, 7) is 0. The van der Waals surface area contributed by atoms with Gasteiger partial charge >= 0.3 is 85.5 Å². The van der Waals surface area contributed by atoms with Crippen LogP contribution in [0.2, 0.25) is 0 Å². The number of hydrogen-bond donors (Lipinski definition) is 0. The Balaban J connectivity index is 2.27. The van der Waals surface area contributed by atoms with Gasteiger partial charge in [0, 0.05) is 0 Å². The Morgan fingerprint density at radius 2 is 1.70 bits per heavy atom. The molecule has 4 heteroatoms. The van der Waals surface area contributed by atoms with Gasteiger partial charge in [-0.3, -0.25) is 0 Å². The first kappa shape index (κ1) is 8.09. The van der Waals surface area contributed by atoms with Crippen LogP contribution in [0.4, 0.5) is 0 Å².